The monoisotopic (exact) mass is 729 g/mol. The molecule has 0 radical (unpaired) electrons. The molecular weight excluding hydrogens is 684 g/mol. The second-order valence-corrected chi connectivity index (χ2v) is 15.8. The SMILES string of the molecule is CCOP(=O)(OCC)C1CC1C1=C(OP(OCCC#N)N(C(C)C)C(C)C)C(OC)[C@H](n2cnc3c(NC(=O)c4ccccc4)ncnc32)O1. The van der Waals surface area contributed by atoms with E-state index >= 15 is 0 Å². The third kappa shape index (κ3) is 8.03. The number of benzene rings is 1. The van der Waals surface area contributed by atoms with Crippen molar-refractivity contribution in [3.05, 3.63) is 60.1 Å². The molecule has 17 heteroatoms. The van der Waals surface area contributed by atoms with E-state index in [1.54, 1.807) is 56.1 Å². The molecule has 3 heterocycles. The second kappa shape index (κ2) is 16.7. The van der Waals surface area contributed by atoms with E-state index in [2.05, 4.69) is 31.0 Å². The Labute approximate surface area is 293 Å². The van der Waals surface area contributed by atoms with Crippen LogP contribution in [-0.4, -0.2) is 80.9 Å². The van der Waals surface area contributed by atoms with E-state index < -0.39 is 34.1 Å². The molecule has 1 aliphatic heterocycles. The standard InChI is InChI=1S/C33H45N7O8P2/c1-8-45-50(42,46-9-2)25-18-24(25)27-28(48-49(44-17-13-16-34)40(21(3)4)22(5)6)29(43-7)33(47-27)39-20-37-26-30(35-19-36-31(26)39)38-32(41)23-14-11-10-12-15-23/h10-12,14-15,19-22,24-25,29,33H,8-9,13,17-18H2,1-7H3,(H,35,36,38,41)/t24?,25?,29?,33-,49?/m1/s1. The number of ether oxygens (including phenoxy) is 2. The van der Waals surface area contributed by atoms with E-state index in [-0.39, 0.29) is 56.0 Å². The lowest BCUT2D eigenvalue weighted by molar-refractivity contribution is -0.0304. The van der Waals surface area contributed by atoms with Crippen LogP contribution in [0.25, 0.3) is 11.2 Å². The van der Waals surface area contributed by atoms with Crippen molar-refractivity contribution >= 4 is 39.0 Å². The van der Waals surface area contributed by atoms with Gasteiger partial charge in [0.2, 0.25) is 6.23 Å². The van der Waals surface area contributed by atoms with Gasteiger partial charge >= 0.3 is 16.1 Å². The smallest absolute Gasteiger partial charge is 0.334 e. The van der Waals surface area contributed by atoms with Crippen molar-refractivity contribution in [1.82, 2.24) is 24.2 Å². The van der Waals surface area contributed by atoms with Crippen LogP contribution in [0.3, 0.4) is 0 Å². The average molecular weight is 730 g/mol. The van der Waals surface area contributed by atoms with E-state index in [4.69, 9.17) is 27.6 Å². The Balaban J connectivity index is 1.54. The van der Waals surface area contributed by atoms with Crippen LogP contribution in [0.2, 0.25) is 0 Å². The zero-order valence-electron chi connectivity index (χ0n) is 29.4. The first-order valence-electron chi connectivity index (χ1n) is 16.7. The van der Waals surface area contributed by atoms with E-state index in [0.717, 1.165) is 0 Å². The minimum atomic E-state index is -3.48. The summed E-state index contributed by atoms with van der Waals surface area (Å²) in [4.78, 5) is 26.3. The molecule has 5 rings (SSSR count). The van der Waals surface area contributed by atoms with E-state index in [1.807, 2.05) is 33.8 Å². The summed E-state index contributed by atoms with van der Waals surface area (Å²) in [5, 5.41) is 12.1. The number of carbonyl (C=O) groups is 1. The van der Waals surface area contributed by atoms with Crippen LogP contribution in [0, 0.1) is 17.2 Å². The maximum atomic E-state index is 13.9. The molecule has 270 valence electrons. The molecule has 2 aromatic heterocycles. The molecular formula is C33H45N7O8P2. The highest BCUT2D eigenvalue weighted by Gasteiger charge is 2.59. The van der Waals surface area contributed by atoms with Gasteiger partial charge in [0.15, 0.2) is 28.8 Å². The normalized spacial score (nSPS) is 21.1. The van der Waals surface area contributed by atoms with Crippen molar-refractivity contribution in [1.29, 1.82) is 5.26 Å². The Hall–Kier alpha value is -3.47. The predicted octanol–water partition coefficient (Wildman–Crippen LogP) is 6.78. The predicted molar refractivity (Wildman–Crippen MR) is 187 cm³/mol. The number of aromatic nitrogens is 4. The third-order valence-electron chi connectivity index (χ3n) is 8.12. The van der Waals surface area contributed by atoms with Gasteiger partial charge in [-0.05, 0) is 60.1 Å². The van der Waals surface area contributed by atoms with Gasteiger partial charge in [-0.25, -0.2) is 19.6 Å². The lowest BCUT2D eigenvalue weighted by Gasteiger charge is -2.36. The largest absolute Gasteiger partial charge is 0.467 e. The molecule has 5 atom stereocenters. The molecule has 1 fully saturated rings. The quantitative estimate of drug-likeness (QED) is 0.107. The first-order valence-corrected chi connectivity index (χ1v) is 19.4. The highest BCUT2D eigenvalue weighted by atomic mass is 31.2. The number of hydrogen-bond donors (Lipinski definition) is 1. The van der Waals surface area contributed by atoms with Gasteiger partial charge in [-0.15, -0.1) is 0 Å². The third-order valence-corrected chi connectivity index (χ3v) is 12.8. The lowest BCUT2D eigenvalue weighted by Crippen LogP contribution is -2.34. The van der Waals surface area contributed by atoms with Crippen molar-refractivity contribution in [3.8, 4) is 6.07 Å². The summed E-state index contributed by atoms with van der Waals surface area (Å²) in [6.45, 7) is 12.4. The zero-order chi connectivity index (χ0) is 36.0. The fourth-order valence-electron chi connectivity index (χ4n) is 5.98. The van der Waals surface area contributed by atoms with Gasteiger partial charge in [0.1, 0.15) is 18.4 Å². The highest BCUT2D eigenvalue weighted by Crippen LogP contribution is 2.68. The van der Waals surface area contributed by atoms with Crippen LogP contribution in [0.1, 0.15) is 71.0 Å². The molecule has 3 aromatic rings. The Kier molecular flexibility index (Phi) is 12.6. The fourth-order valence-corrected chi connectivity index (χ4v) is 9.86. The number of fused-ring (bicyclic) bond motifs is 1. The van der Waals surface area contributed by atoms with Crippen molar-refractivity contribution < 1.29 is 36.9 Å². The van der Waals surface area contributed by atoms with Crippen molar-refractivity contribution in [2.45, 2.75) is 84.5 Å². The molecule has 0 bridgehead atoms. The van der Waals surface area contributed by atoms with Crippen molar-refractivity contribution in [3.63, 3.8) is 0 Å². The van der Waals surface area contributed by atoms with Crippen LogP contribution in [0.5, 0.6) is 0 Å². The second-order valence-electron chi connectivity index (χ2n) is 12.2. The summed E-state index contributed by atoms with van der Waals surface area (Å²) >= 11 is 0. The van der Waals surface area contributed by atoms with Crippen molar-refractivity contribution in [2.24, 2.45) is 5.92 Å². The summed E-state index contributed by atoms with van der Waals surface area (Å²) in [7, 11) is -3.68. The molecule has 0 spiro atoms. The highest BCUT2D eigenvalue weighted by molar-refractivity contribution is 7.55. The van der Waals surface area contributed by atoms with Gasteiger partial charge < -0.3 is 32.9 Å². The number of allylic oxidation sites excluding steroid dienone is 1. The molecule has 1 amide bonds. The number of nitriles is 1. The maximum Gasteiger partial charge on any atom is 0.334 e. The van der Waals surface area contributed by atoms with E-state index in [1.165, 1.54) is 6.33 Å². The first-order chi connectivity index (χ1) is 24.1. The van der Waals surface area contributed by atoms with Crippen LogP contribution in [-0.2, 0) is 32.1 Å². The van der Waals surface area contributed by atoms with Gasteiger partial charge in [-0.1, -0.05) is 18.2 Å². The van der Waals surface area contributed by atoms with Crippen LogP contribution >= 0.6 is 16.1 Å². The van der Waals surface area contributed by atoms with E-state index in [0.29, 0.717) is 34.7 Å². The number of methoxy groups -OCH3 is 1. The lowest BCUT2D eigenvalue weighted by atomic mass is 10.2. The molecule has 50 heavy (non-hydrogen) atoms. The van der Waals surface area contributed by atoms with Crippen LogP contribution < -0.4 is 5.32 Å². The average Bonchev–Trinajstić information content (AvgIpc) is 3.66. The maximum absolute atomic E-state index is 13.9. The molecule has 1 N–H and O–H groups in total. The number of rotatable bonds is 18. The number of carbonyl (C=O) groups excluding carboxylic acids is 1. The van der Waals surface area contributed by atoms with Crippen molar-refractivity contribution in [2.75, 3.05) is 32.2 Å². The summed E-state index contributed by atoms with van der Waals surface area (Å²) in [6, 6.07) is 11.0. The fraction of sp³-hybridized carbons (Fsp3) is 0.545. The van der Waals surface area contributed by atoms with Gasteiger partial charge in [0.25, 0.3) is 5.91 Å². The Morgan fingerprint density at radius 1 is 1.14 bits per heavy atom. The number of hydrogen-bond acceptors (Lipinski definition) is 13. The molecule has 4 unspecified atom stereocenters. The summed E-state index contributed by atoms with van der Waals surface area (Å²) in [5.74, 6) is 0.361. The van der Waals surface area contributed by atoms with Gasteiger partial charge in [-0.3, -0.25) is 13.9 Å². The number of imidazole rings is 1. The Morgan fingerprint density at radius 3 is 2.46 bits per heavy atom. The Bertz CT molecular complexity index is 1730. The number of nitrogens with one attached hydrogen (secondary N) is 1. The summed E-state index contributed by atoms with van der Waals surface area (Å²) < 4.78 is 55.0. The first kappa shape index (κ1) is 37.8. The van der Waals surface area contributed by atoms with Crippen LogP contribution in [0.15, 0.2) is 54.5 Å². The number of nitrogens with zero attached hydrogens (tertiary/aromatic N) is 6. The van der Waals surface area contributed by atoms with Gasteiger partial charge in [0.05, 0.1) is 38.0 Å². The molecule has 1 aliphatic carbocycles. The molecule has 2 aliphatic rings. The molecule has 1 aromatic carbocycles. The van der Waals surface area contributed by atoms with Gasteiger partial charge in [0, 0.05) is 30.7 Å². The molecule has 1 saturated carbocycles. The van der Waals surface area contributed by atoms with Gasteiger partial charge in [-0.2, -0.15) is 5.26 Å². The van der Waals surface area contributed by atoms with E-state index in [9.17, 15) is 14.6 Å². The van der Waals surface area contributed by atoms with Crippen LogP contribution in [0.4, 0.5) is 5.82 Å². The summed E-state index contributed by atoms with van der Waals surface area (Å²) in [6.07, 6.45) is 1.88. The molecule has 0 saturated heterocycles. The summed E-state index contributed by atoms with van der Waals surface area (Å²) in [5.41, 5.74) is 0.747. The topological polar surface area (TPSA) is 172 Å². The number of amides is 1. The minimum absolute atomic E-state index is 0.0370. The minimum Gasteiger partial charge on any atom is -0.467 e. The molecule has 15 nitrogen and oxygen atoms in total. The number of anilines is 1. The zero-order valence-corrected chi connectivity index (χ0v) is 31.2. The Morgan fingerprint density at radius 2 is 1.84 bits per heavy atom.